The van der Waals surface area contributed by atoms with Crippen LogP contribution in [0.15, 0.2) is 0 Å². The van der Waals surface area contributed by atoms with E-state index in [1.165, 1.54) is 4.90 Å². The summed E-state index contributed by atoms with van der Waals surface area (Å²) in [6.07, 6.45) is 2.76. The molecular weight excluding hydrogens is 222 g/mol. The molecule has 0 aromatic heterocycles. The monoisotopic (exact) mass is 239 g/mol. The van der Waals surface area contributed by atoms with Gasteiger partial charge in [-0.2, -0.15) is 0 Å². The van der Waals surface area contributed by atoms with Gasteiger partial charge in [-0.15, -0.1) is 0 Å². The fourth-order valence-electron chi connectivity index (χ4n) is 3.10. The molecule has 0 aromatic carbocycles. The molecule has 1 N–H and O–H groups in total. The summed E-state index contributed by atoms with van der Waals surface area (Å²) >= 11 is 0. The Morgan fingerprint density at radius 2 is 1.76 bits per heavy atom. The summed E-state index contributed by atoms with van der Waals surface area (Å²) in [5.74, 6) is -0.355. The van der Waals surface area contributed by atoms with Gasteiger partial charge in [0.15, 0.2) is 0 Å². The van der Waals surface area contributed by atoms with Crippen LogP contribution in [-0.2, 0) is 14.3 Å². The molecule has 3 rings (SSSR count). The number of nitrogens with zero attached hydrogens (tertiary/aromatic N) is 1. The van der Waals surface area contributed by atoms with Crippen molar-refractivity contribution in [1.82, 2.24) is 4.90 Å². The molecule has 2 heterocycles. The molecular formula is C12H17NO4. The van der Waals surface area contributed by atoms with Crippen molar-refractivity contribution in [2.24, 2.45) is 5.92 Å². The summed E-state index contributed by atoms with van der Waals surface area (Å²) < 4.78 is 5.34. The average Bonchev–Trinajstić information content (AvgIpc) is 2.90. The maximum atomic E-state index is 12.0. The lowest BCUT2D eigenvalue weighted by Crippen LogP contribution is -2.53. The molecule has 0 radical (unpaired) electrons. The van der Waals surface area contributed by atoms with Gasteiger partial charge in [0.2, 0.25) is 0 Å². The van der Waals surface area contributed by atoms with Crippen LogP contribution in [0.25, 0.3) is 0 Å². The van der Waals surface area contributed by atoms with E-state index < -0.39 is 12.2 Å². The second kappa shape index (κ2) is 4.07. The van der Waals surface area contributed by atoms with Gasteiger partial charge in [0, 0.05) is 12.5 Å². The third-order valence-electron chi connectivity index (χ3n) is 4.14. The smallest absolute Gasteiger partial charge is 0.258 e. The van der Waals surface area contributed by atoms with E-state index in [-0.39, 0.29) is 23.8 Å². The number of amides is 2. The number of likely N-dealkylation sites (tertiary alicyclic amines) is 1. The molecule has 2 saturated heterocycles. The highest BCUT2D eigenvalue weighted by Gasteiger charge is 2.47. The van der Waals surface area contributed by atoms with Crippen molar-refractivity contribution >= 4 is 11.8 Å². The second-order valence-electron chi connectivity index (χ2n) is 5.24. The summed E-state index contributed by atoms with van der Waals surface area (Å²) in [6, 6.07) is 0. The number of fused-ring (bicyclic) bond motifs is 2. The summed E-state index contributed by atoms with van der Waals surface area (Å²) in [5, 5.41) is 9.76. The van der Waals surface area contributed by atoms with Gasteiger partial charge in [0.05, 0.1) is 6.10 Å². The molecule has 94 valence electrons. The minimum absolute atomic E-state index is 0.0559. The van der Waals surface area contributed by atoms with Gasteiger partial charge in [-0.25, -0.2) is 0 Å². The van der Waals surface area contributed by atoms with Gasteiger partial charge in [-0.05, 0) is 25.7 Å². The molecule has 0 aromatic rings. The van der Waals surface area contributed by atoms with Crippen LogP contribution >= 0.6 is 0 Å². The molecule has 17 heavy (non-hydrogen) atoms. The number of imide groups is 1. The van der Waals surface area contributed by atoms with Crippen LogP contribution in [0.1, 0.15) is 32.1 Å². The summed E-state index contributed by atoms with van der Waals surface area (Å²) in [5.41, 5.74) is 0. The Hall–Kier alpha value is -0.940. The lowest BCUT2D eigenvalue weighted by molar-refractivity contribution is -0.169. The zero-order valence-corrected chi connectivity index (χ0v) is 9.67. The summed E-state index contributed by atoms with van der Waals surface area (Å²) in [7, 11) is 0. The molecule has 0 spiro atoms. The first-order valence-electron chi connectivity index (χ1n) is 6.35. The molecule has 5 nitrogen and oxygen atoms in total. The lowest BCUT2D eigenvalue weighted by atomic mass is 10.0. The van der Waals surface area contributed by atoms with Gasteiger partial charge in [-0.1, -0.05) is 6.42 Å². The Bertz CT molecular complexity index is 334. The van der Waals surface area contributed by atoms with Gasteiger partial charge < -0.3 is 9.84 Å². The van der Waals surface area contributed by atoms with Crippen LogP contribution < -0.4 is 0 Å². The highest BCUT2D eigenvalue weighted by molar-refractivity contribution is 6.02. The SMILES string of the molecule is O=C1C2CCC(O2)C(=O)N1CC1CCCC1O. The fourth-order valence-corrected chi connectivity index (χ4v) is 3.10. The van der Waals surface area contributed by atoms with Crippen molar-refractivity contribution in [3.63, 3.8) is 0 Å². The Kier molecular flexibility index (Phi) is 2.67. The first-order chi connectivity index (χ1) is 8.16. The quantitative estimate of drug-likeness (QED) is 0.692. The normalized spacial score (nSPS) is 41.4. The largest absolute Gasteiger partial charge is 0.393 e. The molecule has 2 bridgehead atoms. The van der Waals surface area contributed by atoms with Crippen LogP contribution in [0.2, 0.25) is 0 Å². The van der Waals surface area contributed by atoms with Crippen molar-refractivity contribution in [3.05, 3.63) is 0 Å². The van der Waals surface area contributed by atoms with E-state index in [1.807, 2.05) is 0 Å². The molecule has 3 fully saturated rings. The Labute approximate surface area is 99.7 Å². The number of hydrogen-bond acceptors (Lipinski definition) is 4. The van der Waals surface area contributed by atoms with Gasteiger partial charge >= 0.3 is 0 Å². The number of carbonyl (C=O) groups excluding carboxylic acids is 2. The van der Waals surface area contributed by atoms with Crippen molar-refractivity contribution < 1.29 is 19.4 Å². The Morgan fingerprint density at radius 3 is 2.29 bits per heavy atom. The second-order valence-corrected chi connectivity index (χ2v) is 5.24. The minimum atomic E-state index is -0.420. The summed E-state index contributed by atoms with van der Waals surface area (Å²) in [4.78, 5) is 25.3. The number of rotatable bonds is 2. The van der Waals surface area contributed by atoms with Gasteiger partial charge in [0.1, 0.15) is 12.2 Å². The molecule has 2 amide bonds. The van der Waals surface area contributed by atoms with Crippen molar-refractivity contribution in [3.8, 4) is 0 Å². The molecule has 1 saturated carbocycles. The van der Waals surface area contributed by atoms with Crippen LogP contribution in [0, 0.1) is 5.92 Å². The molecule has 1 aliphatic carbocycles. The van der Waals surface area contributed by atoms with E-state index >= 15 is 0 Å². The van der Waals surface area contributed by atoms with E-state index in [4.69, 9.17) is 4.74 Å². The Balaban J connectivity index is 1.73. The van der Waals surface area contributed by atoms with Crippen molar-refractivity contribution in [2.45, 2.75) is 50.4 Å². The molecule has 5 heteroatoms. The van der Waals surface area contributed by atoms with E-state index in [0.29, 0.717) is 19.4 Å². The van der Waals surface area contributed by atoms with Crippen molar-refractivity contribution in [1.29, 1.82) is 0 Å². The molecule has 4 atom stereocenters. The minimum Gasteiger partial charge on any atom is -0.393 e. The number of hydrogen-bond donors (Lipinski definition) is 1. The standard InChI is InChI=1S/C12H17NO4/c14-8-3-1-2-7(8)6-13-11(15)9-4-5-10(17-9)12(13)16/h7-10,14H,1-6H2. The maximum Gasteiger partial charge on any atom is 0.258 e. The fraction of sp³-hybridized carbons (Fsp3) is 0.833. The van der Waals surface area contributed by atoms with Crippen LogP contribution in [0.5, 0.6) is 0 Å². The van der Waals surface area contributed by atoms with Gasteiger partial charge in [-0.3, -0.25) is 14.5 Å². The number of aliphatic hydroxyl groups is 1. The Morgan fingerprint density at radius 1 is 1.12 bits per heavy atom. The first-order valence-corrected chi connectivity index (χ1v) is 6.35. The lowest BCUT2D eigenvalue weighted by Gasteiger charge is -2.32. The van der Waals surface area contributed by atoms with Crippen molar-refractivity contribution in [2.75, 3.05) is 6.54 Å². The third-order valence-corrected chi connectivity index (χ3v) is 4.14. The number of ether oxygens (including phenoxy) is 1. The number of carbonyl (C=O) groups is 2. The van der Waals surface area contributed by atoms with Crippen LogP contribution in [-0.4, -0.2) is 46.7 Å². The molecule has 4 unspecified atom stereocenters. The van der Waals surface area contributed by atoms with E-state index in [0.717, 1.165) is 19.3 Å². The van der Waals surface area contributed by atoms with Gasteiger partial charge in [0.25, 0.3) is 11.8 Å². The zero-order valence-electron chi connectivity index (χ0n) is 9.67. The van der Waals surface area contributed by atoms with Crippen LogP contribution in [0.3, 0.4) is 0 Å². The highest BCUT2D eigenvalue weighted by Crippen LogP contribution is 2.32. The number of aliphatic hydroxyl groups excluding tert-OH is 1. The summed E-state index contributed by atoms with van der Waals surface area (Å²) in [6.45, 7) is 0.370. The number of morpholine rings is 1. The average molecular weight is 239 g/mol. The topological polar surface area (TPSA) is 66.8 Å². The van der Waals surface area contributed by atoms with Crippen LogP contribution in [0.4, 0.5) is 0 Å². The van der Waals surface area contributed by atoms with E-state index in [2.05, 4.69) is 0 Å². The first kappa shape index (κ1) is 11.2. The molecule has 3 aliphatic rings. The third kappa shape index (κ3) is 1.77. The predicted molar refractivity (Wildman–Crippen MR) is 58.0 cm³/mol. The van der Waals surface area contributed by atoms with E-state index in [9.17, 15) is 14.7 Å². The molecule has 2 aliphatic heterocycles. The predicted octanol–water partition coefficient (Wildman–Crippen LogP) is 0.0638. The zero-order chi connectivity index (χ0) is 12.0. The highest BCUT2D eigenvalue weighted by atomic mass is 16.5. The maximum absolute atomic E-state index is 12.0. The van der Waals surface area contributed by atoms with E-state index in [1.54, 1.807) is 0 Å².